The molecule has 3 heteroatoms. The Labute approximate surface area is 66.8 Å². The highest BCUT2D eigenvalue weighted by molar-refractivity contribution is 4.92. The van der Waals surface area contributed by atoms with E-state index in [-0.39, 0.29) is 5.41 Å². The number of rotatable bonds is 1. The Kier molecular flexibility index (Phi) is 1.98. The number of aromatic nitrogens is 2. The molecule has 3 nitrogen and oxygen atoms in total. The Morgan fingerprint density at radius 3 is 2.45 bits per heavy atom. The Morgan fingerprint density at radius 1 is 1.45 bits per heavy atom. The predicted molar refractivity (Wildman–Crippen MR) is 42.2 cm³/mol. The van der Waals surface area contributed by atoms with Gasteiger partial charge in [0.1, 0.15) is 0 Å². The van der Waals surface area contributed by atoms with E-state index in [2.05, 4.69) is 37.8 Å². The highest BCUT2D eigenvalue weighted by Gasteiger charge is 2.25. The second-order valence-electron chi connectivity index (χ2n) is 3.87. The summed E-state index contributed by atoms with van der Waals surface area (Å²) in [6.07, 6.45) is 1.44. The first-order chi connectivity index (χ1) is 5.02. The zero-order valence-electron chi connectivity index (χ0n) is 7.46. The minimum atomic E-state index is 0.187. The van der Waals surface area contributed by atoms with E-state index >= 15 is 0 Å². The summed E-state index contributed by atoms with van der Waals surface area (Å²) >= 11 is 0. The van der Waals surface area contributed by atoms with Gasteiger partial charge in [-0.25, -0.2) is 0 Å². The van der Waals surface area contributed by atoms with Crippen LogP contribution in [0.25, 0.3) is 0 Å². The van der Waals surface area contributed by atoms with Gasteiger partial charge in [-0.2, -0.15) is 4.98 Å². The van der Waals surface area contributed by atoms with Crippen LogP contribution >= 0.6 is 0 Å². The highest BCUT2D eigenvalue weighted by atomic mass is 16.5. The Bertz CT molecular complexity index is 210. The third-order valence-corrected chi connectivity index (χ3v) is 2.05. The summed E-state index contributed by atoms with van der Waals surface area (Å²) in [4.78, 5) is 4.00. The molecule has 0 N–H and O–H groups in total. The standard InChI is InChI=1S/C8H14N2O/c1-6(8(2,3)4)7-9-5-10-11-7/h5-6H,1-4H3. The maximum Gasteiger partial charge on any atom is 0.229 e. The number of nitrogens with zero attached hydrogens (tertiary/aromatic N) is 2. The molecule has 0 saturated carbocycles. The molecule has 0 fully saturated rings. The minimum Gasteiger partial charge on any atom is -0.339 e. The topological polar surface area (TPSA) is 38.9 Å². The molecule has 11 heavy (non-hydrogen) atoms. The average molecular weight is 154 g/mol. The fourth-order valence-corrected chi connectivity index (χ4v) is 0.743. The molecule has 0 saturated heterocycles. The first kappa shape index (κ1) is 8.24. The molecule has 1 atom stereocenters. The molecule has 62 valence electrons. The first-order valence-electron chi connectivity index (χ1n) is 3.78. The SMILES string of the molecule is CC(c1ncno1)C(C)(C)C. The van der Waals surface area contributed by atoms with E-state index in [1.807, 2.05) is 0 Å². The molecule has 0 aliphatic rings. The smallest absolute Gasteiger partial charge is 0.229 e. The van der Waals surface area contributed by atoms with Crippen molar-refractivity contribution >= 4 is 0 Å². The van der Waals surface area contributed by atoms with E-state index in [1.165, 1.54) is 6.33 Å². The van der Waals surface area contributed by atoms with Crippen LogP contribution in [-0.4, -0.2) is 10.1 Å². The van der Waals surface area contributed by atoms with Crippen LogP contribution in [0.15, 0.2) is 10.9 Å². The van der Waals surface area contributed by atoms with E-state index in [0.717, 1.165) is 5.89 Å². The molecular weight excluding hydrogens is 140 g/mol. The van der Waals surface area contributed by atoms with Gasteiger partial charge in [-0.1, -0.05) is 32.9 Å². The van der Waals surface area contributed by atoms with E-state index < -0.39 is 0 Å². The van der Waals surface area contributed by atoms with E-state index in [4.69, 9.17) is 4.52 Å². The zero-order chi connectivity index (χ0) is 8.48. The summed E-state index contributed by atoms with van der Waals surface area (Å²) in [5, 5.41) is 3.57. The minimum absolute atomic E-state index is 0.187. The third kappa shape index (κ3) is 1.79. The first-order valence-corrected chi connectivity index (χ1v) is 3.78. The molecule has 1 aromatic heterocycles. The lowest BCUT2D eigenvalue weighted by Crippen LogP contribution is -2.15. The second kappa shape index (κ2) is 2.64. The van der Waals surface area contributed by atoms with Crippen molar-refractivity contribution in [1.29, 1.82) is 0 Å². The predicted octanol–water partition coefficient (Wildman–Crippen LogP) is 2.22. The lowest BCUT2D eigenvalue weighted by atomic mass is 9.82. The van der Waals surface area contributed by atoms with Gasteiger partial charge in [-0.3, -0.25) is 0 Å². The van der Waals surface area contributed by atoms with Crippen molar-refractivity contribution in [2.45, 2.75) is 33.6 Å². The maximum absolute atomic E-state index is 4.96. The van der Waals surface area contributed by atoms with Gasteiger partial charge in [0.05, 0.1) is 0 Å². The van der Waals surface area contributed by atoms with Crippen LogP contribution in [0.5, 0.6) is 0 Å². The lowest BCUT2D eigenvalue weighted by Gasteiger charge is -2.23. The van der Waals surface area contributed by atoms with Crippen LogP contribution in [0, 0.1) is 5.41 Å². The third-order valence-electron chi connectivity index (χ3n) is 2.05. The van der Waals surface area contributed by atoms with Gasteiger partial charge >= 0.3 is 0 Å². The molecule has 0 radical (unpaired) electrons. The molecule has 0 bridgehead atoms. The van der Waals surface area contributed by atoms with Crippen molar-refractivity contribution in [3.05, 3.63) is 12.2 Å². The van der Waals surface area contributed by atoms with Crippen molar-refractivity contribution in [3.8, 4) is 0 Å². The second-order valence-corrected chi connectivity index (χ2v) is 3.87. The summed E-state index contributed by atoms with van der Waals surface area (Å²) in [5.41, 5.74) is 0.187. The maximum atomic E-state index is 4.96. The Hall–Kier alpha value is -0.860. The molecule has 0 aromatic carbocycles. The van der Waals surface area contributed by atoms with Crippen molar-refractivity contribution in [2.75, 3.05) is 0 Å². The Morgan fingerprint density at radius 2 is 2.09 bits per heavy atom. The van der Waals surface area contributed by atoms with Crippen molar-refractivity contribution in [2.24, 2.45) is 5.41 Å². The van der Waals surface area contributed by atoms with Crippen molar-refractivity contribution < 1.29 is 4.52 Å². The van der Waals surface area contributed by atoms with E-state index in [1.54, 1.807) is 0 Å². The van der Waals surface area contributed by atoms with Crippen molar-refractivity contribution in [3.63, 3.8) is 0 Å². The van der Waals surface area contributed by atoms with E-state index in [0.29, 0.717) is 5.92 Å². The Balaban J connectivity index is 2.78. The monoisotopic (exact) mass is 154 g/mol. The molecule has 0 spiro atoms. The lowest BCUT2D eigenvalue weighted by molar-refractivity contribution is 0.262. The van der Waals surface area contributed by atoms with Crippen LogP contribution in [-0.2, 0) is 0 Å². The van der Waals surface area contributed by atoms with E-state index in [9.17, 15) is 0 Å². The van der Waals surface area contributed by atoms with Gasteiger partial charge in [0.25, 0.3) is 0 Å². The molecule has 1 unspecified atom stereocenters. The van der Waals surface area contributed by atoms with Gasteiger partial charge < -0.3 is 4.52 Å². The highest BCUT2D eigenvalue weighted by Crippen LogP contribution is 2.32. The summed E-state index contributed by atoms with van der Waals surface area (Å²) in [6, 6.07) is 0. The summed E-state index contributed by atoms with van der Waals surface area (Å²) in [6.45, 7) is 8.55. The number of hydrogen-bond acceptors (Lipinski definition) is 3. The average Bonchev–Trinajstić information content (AvgIpc) is 2.34. The van der Waals surface area contributed by atoms with Crippen LogP contribution < -0.4 is 0 Å². The largest absolute Gasteiger partial charge is 0.339 e. The van der Waals surface area contributed by atoms with Gasteiger partial charge in [0, 0.05) is 5.92 Å². The van der Waals surface area contributed by atoms with Crippen molar-refractivity contribution in [1.82, 2.24) is 10.1 Å². The van der Waals surface area contributed by atoms with Gasteiger partial charge in [-0.15, -0.1) is 0 Å². The van der Waals surface area contributed by atoms with Crippen LogP contribution in [0.1, 0.15) is 39.5 Å². The van der Waals surface area contributed by atoms with Gasteiger partial charge in [0.2, 0.25) is 5.89 Å². The normalized spacial score (nSPS) is 14.9. The summed E-state index contributed by atoms with van der Waals surface area (Å²) in [5.74, 6) is 1.03. The molecular formula is C8H14N2O. The molecule has 1 rings (SSSR count). The molecule has 1 aromatic rings. The van der Waals surface area contributed by atoms with Crippen LogP contribution in [0.3, 0.4) is 0 Å². The summed E-state index contributed by atoms with van der Waals surface area (Å²) in [7, 11) is 0. The molecule has 0 amide bonds. The fourth-order valence-electron chi connectivity index (χ4n) is 0.743. The molecule has 0 aliphatic heterocycles. The van der Waals surface area contributed by atoms with Crippen LogP contribution in [0.2, 0.25) is 0 Å². The van der Waals surface area contributed by atoms with Gasteiger partial charge in [-0.05, 0) is 5.41 Å². The fraction of sp³-hybridized carbons (Fsp3) is 0.750. The number of hydrogen-bond donors (Lipinski definition) is 0. The summed E-state index contributed by atoms with van der Waals surface area (Å²) < 4.78 is 4.96. The van der Waals surface area contributed by atoms with Crippen LogP contribution in [0.4, 0.5) is 0 Å². The quantitative estimate of drug-likeness (QED) is 0.622. The zero-order valence-corrected chi connectivity index (χ0v) is 7.46. The molecule has 1 heterocycles. The van der Waals surface area contributed by atoms with Gasteiger partial charge in [0.15, 0.2) is 6.33 Å². The molecule has 0 aliphatic carbocycles.